The van der Waals surface area contributed by atoms with E-state index < -0.39 is 0 Å². The fraction of sp³-hybridized carbons (Fsp3) is 0.316. The molecule has 2 aromatic heterocycles. The molecule has 0 aliphatic carbocycles. The Morgan fingerprint density at radius 2 is 2.19 bits per heavy atom. The predicted molar refractivity (Wildman–Crippen MR) is 103 cm³/mol. The quantitative estimate of drug-likeness (QED) is 0.661. The summed E-state index contributed by atoms with van der Waals surface area (Å²) in [6.45, 7) is 0.727. The summed E-state index contributed by atoms with van der Waals surface area (Å²) in [5.41, 5.74) is 1.56. The number of hydrogen-bond acceptors (Lipinski definition) is 3. The molecule has 0 saturated carbocycles. The molecule has 7 heteroatoms. The average Bonchev–Trinajstić information content (AvgIpc) is 3.26. The van der Waals surface area contributed by atoms with Crippen LogP contribution in [0.5, 0.6) is 0 Å². The van der Waals surface area contributed by atoms with Gasteiger partial charge in [0.25, 0.3) is 5.56 Å². The van der Waals surface area contributed by atoms with E-state index in [0.29, 0.717) is 10.9 Å². The van der Waals surface area contributed by atoms with E-state index in [1.54, 1.807) is 12.1 Å². The smallest absolute Gasteiger partial charge is 0.261 e. The van der Waals surface area contributed by atoms with Gasteiger partial charge in [-0.1, -0.05) is 15.9 Å². The number of hydrogen-bond donors (Lipinski definition) is 0. The third-order valence-electron chi connectivity index (χ3n) is 4.99. The molecule has 0 N–H and O–H groups in total. The molecular weight excluding hydrogens is 396 g/mol. The van der Waals surface area contributed by atoms with Crippen molar-refractivity contribution in [2.45, 2.75) is 25.4 Å². The van der Waals surface area contributed by atoms with Crippen LogP contribution in [0.2, 0.25) is 0 Å². The minimum Gasteiger partial charge on any atom is -0.353 e. The number of aromatic nitrogens is 3. The zero-order valence-corrected chi connectivity index (χ0v) is 16.0. The van der Waals surface area contributed by atoms with E-state index in [2.05, 4.69) is 31.5 Å². The second kappa shape index (κ2) is 6.72. The van der Waals surface area contributed by atoms with E-state index in [-0.39, 0.29) is 24.1 Å². The van der Waals surface area contributed by atoms with E-state index in [1.807, 2.05) is 30.3 Å². The molecule has 3 aromatic rings. The first-order valence-corrected chi connectivity index (χ1v) is 9.39. The minimum absolute atomic E-state index is 0.00914. The zero-order valence-electron chi connectivity index (χ0n) is 14.4. The fourth-order valence-electron chi connectivity index (χ4n) is 3.67. The number of nitrogens with zero attached hydrogens (tertiary/aromatic N) is 4. The number of carbonyl (C=O) groups is 1. The van der Waals surface area contributed by atoms with E-state index in [1.165, 1.54) is 10.9 Å². The van der Waals surface area contributed by atoms with Crippen molar-refractivity contribution in [2.75, 3.05) is 6.54 Å². The third-order valence-corrected chi connectivity index (χ3v) is 5.48. The third kappa shape index (κ3) is 2.96. The lowest BCUT2D eigenvalue weighted by molar-refractivity contribution is -0.132. The maximum absolute atomic E-state index is 12.9. The molecular formula is C19H19BrN4O2. The molecule has 1 amide bonds. The van der Waals surface area contributed by atoms with E-state index in [9.17, 15) is 9.59 Å². The Balaban J connectivity index is 1.62. The number of halogens is 1. The highest BCUT2D eigenvalue weighted by molar-refractivity contribution is 9.10. The van der Waals surface area contributed by atoms with Gasteiger partial charge in [-0.2, -0.15) is 0 Å². The van der Waals surface area contributed by atoms with E-state index in [4.69, 9.17) is 0 Å². The molecule has 1 atom stereocenters. The highest BCUT2D eigenvalue weighted by atomic mass is 79.9. The van der Waals surface area contributed by atoms with Gasteiger partial charge in [0.2, 0.25) is 5.91 Å². The second-order valence-corrected chi connectivity index (χ2v) is 7.54. The molecule has 3 heterocycles. The highest BCUT2D eigenvalue weighted by Gasteiger charge is 2.31. The van der Waals surface area contributed by atoms with Crippen LogP contribution >= 0.6 is 15.9 Å². The summed E-state index contributed by atoms with van der Waals surface area (Å²) in [5, 5.41) is 0.509. The van der Waals surface area contributed by atoms with Crippen LogP contribution in [0, 0.1) is 0 Å². The monoisotopic (exact) mass is 414 g/mol. The Morgan fingerprint density at radius 3 is 2.96 bits per heavy atom. The van der Waals surface area contributed by atoms with Crippen molar-refractivity contribution >= 4 is 32.7 Å². The lowest BCUT2D eigenvalue weighted by Gasteiger charge is -2.25. The second-order valence-electron chi connectivity index (χ2n) is 6.63. The normalized spacial score (nSPS) is 17.2. The van der Waals surface area contributed by atoms with Crippen LogP contribution in [-0.2, 0) is 18.4 Å². The number of rotatable bonds is 3. The molecule has 1 unspecified atom stereocenters. The van der Waals surface area contributed by atoms with Crippen molar-refractivity contribution in [3.05, 3.63) is 63.4 Å². The first-order valence-electron chi connectivity index (χ1n) is 8.60. The number of aryl methyl sites for hydroxylation is 1. The van der Waals surface area contributed by atoms with Crippen LogP contribution in [0.15, 0.2) is 52.1 Å². The number of benzene rings is 1. The Kier molecular flexibility index (Phi) is 4.40. The summed E-state index contributed by atoms with van der Waals surface area (Å²) in [6.07, 6.45) is 5.37. The molecule has 4 rings (SSSR count). The van der Waals surface area contributed by atoms with Crippen molar-refractivity contribution in [1.29, 1.82) is 0 Å². The molecule has 1 aliphatic heterocycles. The Morgan fingerprint density at radius 1 is 1.35 bits per heavy atom. The number of amides is 1. The molecule has 0 spiro atoms. The first kappa shape index (κ1) is 17.0. The summed E-state index contributed by atoms with van der Waals surface area (Å²) in [5.74, 6) is -0.0491. The molecule has 134 valence electrons. The predicted octanol–water partition coefficient (Wildman–Crippen LogP) is 2.86. The molecule has 0 radical (unpaired) electrons. The molecule has 1 saturated heterocycles. The standard InChI is InChI=1S/C19H19BrN4O2/c1-22-8-2-4-16(22)17-5-3-9-24(17)18(25)11-23-12-21-15-7-6-13(20)10-14(15)19(23)26/h2,4,6-8,10,12,17H,3,5,9,11H2,1H3. The first-order chi connectivity index (χ1) is 12.5. The summed E-state index contributed by atoms with van der Waals surface area (Å²) < 4.78 is 4.27. The summed E-state index contributed by atoms with van der Waals surface area (Å²) >= 11 is 3.38. The van der Waals surface area contributed by atoms with E-state index >= 15 is 0 Å². The van der Waals surface area contributed by atoms with Crippen LogP contribution in [0.3, 0.4) is 0 Å². The topological polar surface area (TPSA) is 60.1 Å². The van der Waals surface area contributed by atoms with Crippen molar-refractivity contribution in [1.82, 2.24) is 19.0 Å². The van der Waals surface area contributed by atoms with Gasteiger partial charge in [-0.25, -0.2) is 4.98 Å². The summed E-state index contributed by atoms with van der Waals surface area (Å²) in [4.78, 5) is 31.8. The van der Waals surface area contributed by atoms with Crippen molar-refractivity contribution < 1.29 is 4.79 Å². The van der Waals surface area contributed by atoms with Gasteiger partial charge in [0.1, 0.15) is 6.54 Å². The number of fused-ring (bicyclic) bond motifs is 1. The van der Waals surface area contributed by atoms with Crippen molar-refractivity contribution in [3.8, 4) is 0 Å². The van der Waals surface area contributed by atoms with Gasteiger partial charge in [0.15, 0.2) is 0 Å². The largest absolute Gasteiger partial charge is 0.353 e. The molecule has 1 fully saturated rings. The van der Waals surface area contributed by atoms with E-state index in [0.717, 1.165) is 29.6 Å². The summed E-state index contributed by atoms with van der Waals surface area (Å²) in [6, 6.07) is 9.50. The molecule has 26 heavy (non-hydrogen) atoms. The minimum atomic E-state index is -0.195. The van der Waals surface area contributed by atoms with Gasteiger partial charge in [0.05, 0.1) is 23.3 Å². The number of likely N-dealkylation sites (tertiary alicyclic amines) is 1. The van der Waals surface area contributed by atoms with Gasteiger partial charge >= 0.3 is 0 Å². The van der Waals surface area contributed by atoms with Gasteiger partial charge in [-0.05, 0) is 43.2 Å². The van der Waals surface area contributed by atoms with Gasteiger partial charge in [-0.3, -0.25) is 14.2 Å². The van der Waals surface area contributed by atoms with Crippen molar-refractivity contribution in [3.63, 3.8) is 0 Å². The lowest BCUT2D eigenvalue weighted by atomic mass is 10.1. The zero-order chi connectivity index (χ0) is 18.3. The van der Waals surface area contributed by atoms with Gasteiger partial charge < -0.3 is 9.47 Å². The summed E-state index contributed by atoms with van der Waals surface area (Å²) in [7, 11) is 1.99. The van der Waals surface area contributed by atoms with Crippen LogP contribution in [0.25, 0.3) is 10.9 Å². The van der Waals surface area contributed by atoms with Crippen LogP contribution in [0.1, 0.15) is 24.6 Å². The molecule has 1 aromatic carbocycles. The lowest BCUT2D eigenvalue weighted by Crippen LogP contribution is -2.36. The fourth-order valence-corrected chi connectivity index (χ4v) is 4.03. The molecule has 1 aliphatic rings. The van der Waals surface area contributed by atoms with Gasteiger partial charge in [-0.15, -0.1) is 0 Å². The van der Waals surface area contributed by atoms with Crippen LogP contribution in [-0.4, -0.2) is 31.5 Å². The molecule has 0 bridgehead atoms. The maximum atomic E-state index is 12.9. The van der Waals surface area contributed by atoms with Crippen molar-refractivity contribution in [2.24, 2.45) is 7.05 Å². The Bertz CT molecular complexity index is 1040. The molecule has 6 nitrogen and oxygen atoms in total. The average molecular weight is 415 g/mol. The SMILES string of the molecule is Cn1cccc1C1CCCN1C(=O)Cn1cnc2ccc(Br)cc2c1=O. The van der Waals surface area contributed by atoms with Gasteiger partial charge in [0, 0.05) is 30.0 Å². The maximum Gasteiger partial charge on any atom is 0.261 e. The number of carbonyl (C=O) groups excluding carboxylic acids is 1. The van der Waals surface area contributed by atoms with Crippen LogP contribution in [0.4, 0.5) is 0 Å². The van der Waals surface area contributed by atoms with Crippen LogP contribution < -0.4 is 5.56 Å². The Hall–Kier alpha value is -2.41. The Labute approximate surface area is 159 Å². The highest BCUT2D eigenvalue weighted by Crippen LogP contribution is 2.32.